The minimum absolute atomic E-state index is 0.0823. The number of nitrogens with zero attached hydrogens (tertiary/aromatic N) is 3. The van der Waals surface area contributed by atoms with Gasteiger partial charge < -0.3 is 15.5 Å². The van der Waals surface area contributed by atoms with Gasteiger partial charge in [0.2, 0.25) is 5.95 Å². The summed E-state index contributed by atoms with van der Waals surface area (Å²) < 4.78 is 57.4. The van der Waals surface area contributed by atoms with E-state index < -0.39 is 53.8 Å². The lowest BCUT2D eigenvalue weighted by Gasteiger charge is -2.17. The van der Waals surface area contributed by atoms with Crippen LogP contribution in [0.25, 0.3) is 28.0 Å². The van der Waals surface area contributed by atoms with Gasteiger partial charge in [-0.05, 0) is 30.3 Å². The average molecular weight is 460 g/mol. The number of pyridine rings is 1. The highest BCUT2D eigenvalue weighted by Gasteiger charge is 2.21. The molecule has 0 aliphatic heterocycles. The van der Waals surface area contributed by atoms with Crippen LogP contribution in [-0.4, -0.2) is 44.0 Å². The second-order valence-electron chi connectivity index (χ2n) is 7.04. The Labute approximate surface area is 183 Å². The lowest BCUT2D eigenvalue weighted by atomic mass is 10.1. The van der Waals surface area contributed by atoms with Crippen LogP contribution in [0.5, 0.6) is 0 Å². The molecule has 0 saturated carbocycles. The monoisotopic (exact) mass is 460 g/mol. The van der Waals surface area contributed by atoms with E-state index in [9.17, 15) is 32.6 Å². The fraction of sp³-hybridized carbons (Fsp3) is 0.136. The summed E-state index contributed by atoms with van der Waals surface area (Å²) in [5.74, 6) is -4.54. The number of anilines is 1. The maximum absolute atomic E-state index is 14.6. The molecule has 33 heavy (non-hydrogen) atoms. The average Bonchev–Trinajstić information content (AvgIpc) is 2.79. The highest BCUT2D eigenvalue weighted by molar-refractivity contribution is 5.92. The summed E-state index contributed by atoms with van der Waals surface area (Å²) >= 11 is 0. The molecule has 7 nitrogen and oxygen atoms in total. The van der Waals surface area contributed by atoms with Crippen molar-refractivity contribution in [3.8, 4) is 16.9 Å². The number of halogens is 4. The van der Waals surface area contributed by atoms with Crippen molar-refractivity contribution in [3.05, 3.63) is 82.2 Å². The lowest BCUT2D eigenvalue weighted by Crippen LogP contribution is -2.29. The van der Waals surface area contributed by atoms with Crippen molar-refractivity contribution in [1.29, 1.82) is 0 Å². The van der Waals surface area contributed by atoms with E-state index in [2.05, 4.69) is 15.3 Å². The first-order valence-corrected chi connectivity index (χ1v) is 9.66. The summed E-state index contributed by atoms with van der Waals surface area (Å²) in [5.41, 5.74) is -1.65. The highest BCUT2D eigenvalue weighted by Crippen LogP contribution is 2.30. The first kappa shape index (κ1) is 22.4. The third kappa shape index (κ3) is 4.15. The van der Waals surface area contributed by atoms with Gasteiger partial charge in [0.1, 0.15) is 11.6 Å². The topological polar surface area (TPSA) is 100 Å². The predicted molar refractivity (Wildman–Crippen MR) is 112 cm³/mol. The lowest BCUT2D eigenvalue weighted by molar-refractivity contribution is 0.203. The third-order valence-electron chi connectivity index (χ3n) is 4.88. The second-order valence-corrected chi connectivity index (χ2v) is 7.04. The zero-order valence-electron chi connectivity index (χ0n) is 16.8. The molecule has 11 heteroatoms. The van der Waals surface area contributed by atoms with Gasteiger partial charge in [-0.3, -0.25) is 9.36 Å². The first-order chi connectivity index (χ1) is 15.8. The number of aliphatic hydroxyl groups excluding tert-OH is 2. The second kappa shape index (κ2) is 8.96. The summed E-state index contributed by atoms with van der Waals surface area (Å²) in [6.45, 7) is -1.03. The normalized spacial score (nSPS) is 11.4. The van der Waals surface area contributed by atoms with Crippen molar-refractivity contribution >= 4 is 17.0 Å². The van der Waals surface area contributed by atoms with E-state index in [0.717, 1.165) is 34.9 Å². The molecule has 2 aromatic carbocycles. The van der Waals surface area contributed by atoms with Crippen LogP contribution in [0, 0.1) is 23.3 Å². The molecule has 3 N–H and O–H groups in total. The number of fused-ring (bicyclic) bond motifs is 1. The highest BCUT2D eigenvalue weighted by atomic mass is 19.2. The Morgan fingerprint density at radius 3 is 2.39 bits per heavy atom. The van der Waals surface area contributed by atoms with Crippen LogP contribution in [0.4, 0.5) is 23.5 Å². The minimum Gasteiger partial charge on any atom is -0.394 e. The Morgan fingerprint density at radius 1 is 0.939 bits per heavy atom. The van der Waals surface area contributed by atoms with E-state index in [4.69, 9.17) is 0 Å². The molecule has 0 saturated heterocycles. The molecule has 2 heterocycles. The van der Waals surface area contributed by atoms with Gasteiger partial charge in [-0.25, -0.2) is 22.5 Å². The fourth-order valence-electron chi connectivity index (χ4n) is 3.30. The van der Waals surface area contributed by atoms with Gasteiger partial charge in [0.05, 0.1) is 30.6 Å². The zero-order chi connectivity index (χ0) is 23.7. The van der Waals surface area contributed by atoms with Crippen LogP contribution in [0.3, 0.4) is 0 Å². The molecular formula is C22H16F4N4O3. The quantitative estimate of drug-likeness (QED) is 0.383. The van der Waals surface area contributed by atoms with Crippen molar-refractivity contribution in [2.75, 3.05) is 18.5 Å². The van der Waals surface area contributed by atoms with Gasteiger partial charge in [-0.15, -0.1) is 0 Å². The summed E-state index contributed by atoms with van der Waals surface area (Å²) in [6, 6.07) is 7.44. The van der Waals surface area contributed by atoms with Gasteiger partial charge in [0.25, 0.3) is 5.56 Å². The Bertz CT molecular complexity index is 1410. The van der Waals surface area contributed by atoms with Crippen LogP contribution in [-0.2, 0) is 0 Å². The number of benzene rings is 2. The van der Waals surface area contributed by atoms with E-state index in [-0.39, 0.29) is 28.2 Å². The number of nitrogens with one attached hydrogen (secondary N) is 1. The van der Waals surface area contributed by atoms with E-state index in [1.807, 2.05) is 0 Å². The molecule has 0 spiro atoms. The van der Waals surface area contributed by atoms with E-state index in [1.54, 1.807) is 0 Å². The van der Waals surface area contributed by atoms with Crippen LogP contribution in [0.1, 0.15) is 0 Å². The molecule has 4 aromatic rings. The largest absolute Gasteiger partial charge is 0.394 e. The van der Waals surface area contributed by atoms with E-state index in [1.165, 1.54) is 12.1 Å². The van der Waals surface area contributed by atoms with Crippen molar-refractivity contribution in [3.63, 3.8) is 0 Å². The molecule has 4 rings (SSSR count). The third-order valence-corrected chi connectivity index (χ3v) is 4.88. The summed E-state index contributed by atoms with van der Waals surface area (Å²) in [5, 5.41) is 21.5. The fourth-order valence-corrected chi connectivity index (χ4v) is 3.30. The number of aliphatic hydroxyl groups is 2. The summed E-state index contributed by atoms with van der Waals surface area (Å²) in [6.07, 6.45) is 0. The van der Waals surface area contributed by atoms with Crippen LogP contribution in [0.15, 0.2) is 53.3 Å². The van der Waals surface area contributed by atoms with Crippen LogP contribution in [0.2, 0.25) is 0 Å². The molecule has 0 bridgehead atoms. The molecule has 2 aromatic heterocycles. The Kier molecular flexibility index (Phi) is 6.07. The molecule has 0 radical (unpaired) electrons. The van der Waals surface area contributed by atoms with E-state index in [0.29, 0.717) is 6.07 Å². The maximum atomic E-state index is 14.6. The molecule has 0 aliphatic carbocycles. The van der Waals surface area contributed by atoms with Gasteiger partial charge >= 0.3 is 0 Å². The minimum atomic E-state index is -1.31. The Hall–Kier alpha value is -3.83. The van der Waals surface area contributed by atoms with Gasteiger partial charge in [-0.2, -0.15) is 4.98 Å². The van der Waals surface area contributed by atoms with Crippen molar-refractivity contribution in [2.45, 2.75) is 6.04 Å². The van der Waals surface area contributed by atoms with Crippen LogP contribution < -0.4 is 10.9 Å². The van der Waals surface area contributed by atoms with Gasteiger partial charge in [0.15, 0.2) is 17.3 Å². The Balaban J connectivity index is 2.09. The number of hydrogen-bond acceptors (Lipinski definition) is 6. The van der Waals surface area contributed by atoms with Crippen LogP contribution >= 0.6 is 0 Å². The molecule has 0 unspecified atom stereocenters. The predicted octanol–water partition coefficient (Wildman–Crippen LogP) is 2.77. The first-order valence-electron chi connectivity index (χ1n) is 9.66. The van der Waals surface area contributed by atoms with Gasteiger partial charge in [-0.1, -0.05) is 6.07 Å². The van der Waals surface area contributed by atoms with Crippen molar-refractivity contribution in [2.24, 2.45) is 0 Å². The molecular weight excluding hydrogens is 444 g/mol. The molecule has 0 aliphatic rings. The SMILES string of the molecule is O=c1ccc2c(-c3ccc(F)cc3F)nc(NC(CO)CO)nc2n1-c1cccc(F)c1F. The zero-order valence-corrected chi connectivity index (χ0v) is 16.8. The maximum Gasteiger partial charge on any atom is 0.256 e. The van der Waals surface area contributed by atoms with Crippen molar-refractivity contribution < 1.29 is 27.8 Å². The standard InChI is InChI=1S/C22H16F4N4O3/c23-11-4-5-13(16(25)8-11)20-14-6-7-18(33)30(17-3-1-2-15(24)19(17)26)21(14)29-22(28-20)27-12(9-31)10-32/h1-8,12,31-32H,9-10H2,(H,27,28,29). The molecule has 0 atom stereocenters. The molecule has 0 amide bonds. The molecule has 0 fully saturated rings. The van der Waals surface area contributed by atoms with E-state index >= 15 is 0 Å². The number of hydrogen-bond donors (Lipinski definition) is 3. The number of aromatic nitrogens is 3. The summed E-state index contributed by atoms with van der Waals surface area (Å²) in [4.78, 5) is 21.1. The summed E-state index contributed by atoms with van der Waals surface area (Å²) in [7, 11) is 0. The van der Waals surface area contributed by atoms with Gasteiger partial charge in [0, 0.05) is 23.1 Å². The molecule has 170 valence electrons. The smallest absolute Gasteiger partial charge is 0.256 e. The van der Waals surface area contributed by atoms with Crippen molar-refractivity contribution in [1.82, 2.24) is 14.5 Å². The number of rotatable bonds is 6. The Morgan fingerprint density at radius 2 is 1.70 bits per heavy atom.